The molecule has 1 aromatic carbocycles. The number of oxazole rings is 1. The molecule has 2 heterocycles. The van der Waals surface area contributed by atoms with Gasteiger partial charge in [-0.05, 0) is 23.8 Å². The van der Waals surface area contributed by atoms with Crippen LogP contribution >= 0.6 is 0 Å². The number of hydrogen-bond acceptors (Lipinski definition) is 4. The zero-order valence-corrected chi connectivity index (χ0v) is 11.4. The molecule has 22 heavy (non-hydrogen) atoms. The molecule has 0 aliphatic carbocycles. The van der Waals surface area contributed by atoms with Crippen LogP contribution in [0.5, 0.6) is 0 Å². The first-order valence-electron chi connectivity index (χ1n) is 6.50. The van der Waals surface area contributed by atoms with E-state index in [-0.39, 0.29) is 23.8 Å². The number of carbonyl (C=O) groups is 1. The number of aromatic carboxylic acids is 1. The van der Waals surface area contributed by atoms with Gasteiger partial charge < -0.3 is 9.52 Å². The van der Waals surface area contributed by atoms with Crippen molar-refractivity contribution in [2.24, 2.45) is 0 Å². The number of carboxylic acid groups (broad SMARTS) is 1. The van der Waals surface area contributed by atoms with Gasteiger partial charge in [-0.15, -0.1) is 0 Å². The molecule has 0 saturated heterocycles. The van der Waals surface area contributed by atoms with Gasteiger partial charge in [0, 0.05) is 17.5 Å². The van der Waals surface area contributed by atoms with E-state index in [0.717, 1.165) is 17.4 Å². The summed E-state index contributed by atoms with van der Waals surface area (Å²) in [6.07, 6.45) is 3.01. The van der Waals surface area contributed by atoms with Gasteiger partial charge in [-0.1, -0.05) is 18.2 Å². The normalized spacial score (nSPS) is 10.6. The third-order valence-corrected chi connectivity index (χ3v) is 3.09. The summed E-state index contributed by atoms with van der Waals surface area (Å²) in [5.41, 5.74) is 2.08. The van der Waals surface area contributed by atoms with E-state index in [9.17, 15) is 9.18 Å². The first kappa shape index (κ1) is 13.9. The molecule has 0 amide bonds. The summed E-state index contributed by atoms with van der Waals surface area (Å²) >= 11 is 0. The monoisotopic (exact) mass is 298 g/mol. The van der Waals surface area contributed by atoms with Gasteiger partial charge in [0.25, 0.3) is 0 Å². The molecule has 1 N–H and O–H groups in total. The molecule has 0 atom stereocenters. The molecular weight excluding hydrogens is 287 g/mol. The number of halogens is 1. The van der Waals surface area contributed by atoms with Crippen LogP contribution in [0.4, 0.5) is 4.39 Å². The maximum absolute atomic E-state index is 13.2. The minimum atomic E-state index is -1.13. The average molecular weight is 298 g/mol. The Bertz CT molecular complexity index is 812. The van der Waals surface area contributed by atoms with Crippen LogP contribution in [-0.4, -0.2) is 21.0 Å². The SMILES string of the molecule is O=C(O)c1coc(Cc2ccc(-c3cccc(F)c3)cn2)n1. The van der Waals surface area contributed by atoms with Crippen LogP contribution in [0, 0.1) is 5.82 Å². The van der Waals surface area contributed by atoms with E-state index in [1.54, 1.807) is 24.4 Å². The highest BCUT2D eigenvalue weighted by Gasteiger charge is 2.11. The van der Waals surface area contributed by atoms with E-state index < -0.39 is 5.97 Å². The maximum Gasteiger partial charge on any atom is 0.357 e. The number of rotatable bonds is 4. The molecule has 0 bridgehead atoms. The van der Waals surface area contributed by atoms with Gasteiger partial charge in [-0.2, -0.15) is 0 Å². The van der Waals surface area contributed by atoms with Gasteiger partial charge in [-0.25, -0.2) is 14.2 Å². The van der Waals surface area contributed by atoms with Crippen molar-refractivity contribution in [2.45, 2.75) is 6.42 Å². The summed E-state index contributed by atoms with van der Waals surface area (Å²) in [5.74, 6) is -1.16. The number of hydrogen-bond donors (Lipinski definition) is 1. The predicted octanol–water partition coefficient (Wildman–Crippen LogP) is 3.16. The van der Waals surface area contributed by atoms with Gasteiger partial charge in [0.15, 0.2) is 5.69 Å². The van der Waals surface area contributed by atoms with Crippen LogP contribution in [0.25, 0.3) is 11.1 Å². The first-order chi connectivity index (χ1) is 10.6. The zero-order chi connectivity index (χ0) is 15.5. The first-order valence-corrected chi connectivity index (χ1v) is 6.50. The molecule has 0 aliphatic heterocycles. The molecule has 0 radical (unpaired) electrons. The lowest BCUT2D eigenvalue weighted by atomic mass is 10.1. The summed E-state index contributed by atoms with van der Waals surface area (Å²) in [6.45, 7) is 0. The number of aromatic nitrogens is 2. The smallest absolute Gasteiger partial charge is 0.357 e. The van der Waals surface area contributed by atoms with Crippen molar-refractivity contribution in [3.05, 3.63) is 72.0 Å². The Labute approximate surface area is 125 Å². The Kier molecular flexibility index (Phi) is 3.65. The van der Waals surface area contributed by atoms with Crippen LogP contribution in [0.2, 0.25) is 0 Å². The lowest BCUT2D eigenvalue weighted by Crippen LogP contribution is -1.98. The van der Waals surface area contributed by atoms with Crippen molar-refractivity contribution in [1.82, 2.24) is 9.97 Å². The zero-order valence-electron chi connectivity index (χ0n) is 11.4. The Morgan fingerprint density at radius 3 is 2.73 bits per heavy atom. The minimum absolute atomic E-state index is 0.133. The molecule has 110 valence electrons. The van der Waals surface area contributed by atoms with Crippen molar-refractivity contribution < 1.29 is 18.7 Å². The Morgan fingerprint density at radius 1 is 1.23 bits per heavy atom. The van der Waals surface area contributed by atoms with Crippen LogP contribution in [0.15, 0.2) is 53.3 Å². The Balaban J connectivity index is 1.77. The quantitative estimate of drug-likeness (QED) is 0.800. The van der Waals surface area contributed by atoms with Crippen LogP contribution in [0.3, 0.4) is 0 Å². The molecule has 2 aromatic heterocycles. The molecule has 3 aromatic rings. The fraction of sp³-hybridized carbons (Fsp3) is 0.0625. The fourth-order valence-electron chi connectivity index (χ4n) is 2.01. The minimum Gasteiger partial charge on any atom is -0.476 e. The van der Waals surface area contributed by atoms with E-state index in [2.05, 4.69) is 9.97 Å². The second kappa shape index (κ2) is 5.77. The summed E-state index contributed by atoms with van der Waals surface area (Å²) < 4.78 is 18.3. The molecule has 0 spiro atoms. The molecule has 6 heteroatoms. The molecule has 5 nitrogen and oxygen atoms in total. The number of benzene rings is 1. The Hall–Kier alpha value is -3.02. The van der Waals surface area contributed by atoms with Crippen molar-refractivity contribution in [1.29, 1.82) is 0 Å². The lowest BCUT2D eigenvalue weighted by Gasteiger charge is -2.03. The van der Waals surface area contributed by atoms with Crippen LogP contribution in [0.1, 0.15) is 22.1 Å². The Morgan fingerprint density at radius 2 is 2.09 bits per heavy atom. The molecular formula is C16H11FN2O3. The molecule has 0 fully saturated rings. The van der Waals surface area contributed by atoms with E-state index in [1.807, 2.05) is 6.07 Å². The molecule has 3 rings (SSSR count). The predicted molar refractivity (Wildman–Crippen MR) is 75.9 cm³/mol. The third-order valence-electron chi connectivity index (χ3n) is 3.09. The van der Waals surface area contributed by atoms with Gasteiger partial charge in [0.2, 0.25) is 5.89 Å². The summed E-state index contributed by atoms with van der Waals surface area (Å²) in [4.78, 5) is 18.8. The van der Waals surface area contributed by atoms with Crippen molar-refractivity contribution in [2.75, 3.05) is 0 Å². The summed E-state index contributed by atoms with van der Waals surface area (Å²) in [5, 5.41) is 8.78. The fourth-order valence-corrected chi connectivity index (χ4v) is 2.01. The highest BCUT2D eigenvalue weighted by atomic mass is 19.1. The lowest BCUT2D eigenvalue weighted by molar-refractivity contribution is 0.0690. The van der Waals surface area contributed by atoms with E-state index in [0.29, 0.717) is 5.69 Å². The van der Waals surface area contributed by atoms with E-state index >= 15 is 0 Å². The van der Waals surface area contributed by atoms with E-state index in [4.69, 9.17) is 9.52 Å². The maximum atomic E-state index is 13.2. The summed E-state index contributed by atoms with van der Waals surface area (Å²) in [6, 6.07) is 9.84. The van der Waals surface area contributed by atoms with Crippen molar-refractivity contribution >= 4 is 5.97 Å². The third kappa shape index (κ3) is 3.01. The largest absolute Gasteiger partial charge is 0.476 e. The van der Waals surface area contributed by atoms with Crippen molar-refractivity contribution in [3.63, 3.8) is 0 Å². The molecule has 0 aliphatic rings. The molecule has 0 saturated carbocycles. The van der Waals surface area contributed by atoms with Crippen LogP contribution < -0.4 is 0 Å². The number of nitrogens with zero attached hydrogens (tertiary/aromatic N) is 2. The van der Waals surface area contributed by atoms with Gasteiger partial charge in [0.05, 0.1) is 6.42 Å². The number of pyridine rings is 1. The molecule has 0 unspecified atom stereocenters. The highest BCUT2D eigenvalue weighted by Crippen LogP contribution is 2.20. The van der Waals surface area contributed by atoms with Gasteiger partial charge in [0.1, 0.15) is 12.1 Å². The second-order valence-corrected chi connectivity index (χ2v) is 4.66. The topological polar surface area (TPSA) is 76.2 Å². The van der Waals surface area contributed by atoms with E-state index in [1.165, 1.54) is 12.1 Å². The van der Waals surface area contributed by atoms with Gasteiger partial charge in [-0.3, -0.25) is 4.98 Å². The number of carboxylic acids is 1. The summed E-state index contributed by atoms with van der Waals surface area (Å²) in [7, 11) is 0. The standard InChI is InChI=1S/C16H11FN2O3/c17-12-3-1-2-10(6-12)11-4-5-13(18-8-11)7-15-19-14(9-22-15)16(20)21/h1-6,8-9H,7H2,(H,20,21). The highest BCUT2D eigenvalue weighted by molar-refractivity contribution is 5.84. The second-order valence-electron chi connectivity index (χ2n) is 4.66. The van der Waals surface area contributed by atoms with Gasteiger partial charge >= 0.3 is 5.97 Å². The average Bonchev–Trinajstić information content (AvgIpc) is 2.97. The van der Waals surface area contributed by atoms with Crippen LogP contribution in [-0.2, 0) is 6.42 Å². The van der Waals surface area contributed by atoms with Crippen molar-refractivity contribution in [3.8, 4) is 11.1 Å².